The fourth-order valence-corrected chi connectivity index (χ4v) is 12.8. The van der Waals surface area contributed by atoms with E-state index in [0.717, 1.165) is 46.9 Å². The number of nitrogens with two attached hydrogens (primary N) is 1. The minimum absolute atomic E-state index is 0.000219. The number of imide groups is 1. The van der Waals surface area contributed by atoms with E-state index in [0.29, 0.717) is 58.5 Å². The highest BCUT2D eigenvalue weighted by Gasteiger charge is 2.51. The fraction of sp³-hybridized carbons (Fsp3) is 0.389. The van der Waals surface area contributed by atoms with E-state index in [1.165, 1.54) is 32.9 Å². The molecule has 3 fully saturated rings. The highest BCUT2D eigenvalue weighted by atomic mass is 32.1. The van der Waals surface area contributed by atoms with E-state index in [9.17, 15) is 70.3 Å². The summed E-state index contributed by atoms with van der Waals surface area (Å²) in [5.74, 6) is -0.175. The van der Waals surface area contributed by atoms with Crippen LogP contribution in [-0.2, 0) is 45.5 Å². The zero-order valence-corrected chi connectivity index (χ0v) is 45.1. The third-order valence-electron chi connectivity index (χ3n) is 14.6. The number of alkyl halides is 2. The van der Waals surface area contributed by atoms with Crippen molar-refractivity contribution < 1.29 is 70.3 Å². The first-order chi connectivity index (χ1) is 38.1. The minimum atomic E-state index is -5.92. The zero-order valence-electron chi connectivity index (χ0n) is 42.6. The second kappa shape index (κ2) is 23.8. The molecule has 7 N–H and O–H groups in total. The number of amides is 8. The van der Waals surface area contributed by atoms with Gasteiger partial charge in [-0.1, -0.05) is 30.4 Å². The molecule has 19 nitrogen and oxygen atoms in total. The molecule has 4 aliphatic heterocycles. The third-order valence-corrected chi connectivity index (χ3v) is 17.7. The topological polar surface area (TPSA) is 279 Å². The number of carbonyl (C=O) groups is 8. The van der Waals surface area contributed by atoms with Crippen LogP contribution < -0.4 is 21.7 Å². The number of rotatable bonds is 17. The molecule has 5 aromatic rings. The van der Waals surface area contributed by atoms with Crippen molar-refractivity contribution in [2.45, 2.75) is 119 Å². The summed E-state index contributed by atoms with van der Waals surface area (Å²) in [4.78, 5) is 135. The highest BCUT2D eigenvalue weighted by molar-refractivity contribution is 7.52. The molecule has 2 unspecified atom stereocenters. The summed E-state index contributed by atoms with van der Waals surface area (Å²) in [5.41, 5.74) is 2.32. The van der Waals surface area contributed by atoms with Gasteiger partial charge in [0.05, 0.1) is 16.6 Å². The van der Waals surface area contributed by atoms with E-state index in [2.05, 4.69) is 32.8 Å². The highest BCUT2D eigenvalue weighted by Crippen LogP contribution is 2.59. The van der Waals surface area contributed by atoms with Gasteiger partial charge in [-0.05, 0) is 104 Å². The lowest BCUT2D eigenvalue weighted by Crippen LogP contribution is -2.61. The van der Waals surface area contributed by atoms with Crippen molar-refractivity contribution in [3.05, 3.63) is 110 Å². The van der Waals surface area contributed by atoms with Crippen molar-refractivity contribution >= 4 is 87.6 Å². The summed E-state index contributed by atoms with van der Waals surface area (Å²) < 4.78 is 69.3. The number of thiazole rings is 1. The van der Waals surface area contributed by atoms with E-state index >= 15 is 0 Å². The maximum Gasteiger partial charge on any atom is 0.399 e. The third kappa shape index (κ3) is 12.3. The molecule has 5 atom stereocenters. The van der Waals surface area contributed by atoms with Gasteiger partial charge in [0.15, 0.2) is 11.6 Å². The molecule has 9 rings (SSSR count). The van der Waals surface area contributed by atoms with E-state index in [1.54, 1.807) is 23.6 Å². The number of hydrogen-bond acceptors (Lipinski definition) is 12. The molecule has 420 valence electrons. The molecule has 26 heteroatoms. The average Bonchev–Trinajstić information content (AvgIpc) is 4.34. The maximum atomic E-state index is 14.9. The molecule has 3 saturated heterocycles. The SMILES string of the molecule is NC(=O)CCC(NC(=O)[C@@H]1CC[C@@H]2CCN(C(=O)CCCCCC#Cc3cccc4c3CN(C3CCC(=O)NC3=O)C4=O)C[C@H](NC(=O)c3cc4cc(C(F)(F)P(=O)(O)O)ccc4s3)C(=O)N21)c1nc(-c2ccc(F)c(F)c2)cs1. The number of nitrogens with one attached hydrogen (secondary N) is 3. The van der Waals surface area contributed by atoms with Gasteiger partial charge < -0.3 is 40.9 Å². The van der Waals surface area contributed by atoms with E-state index < -0.39 is 90.2 Å². The monoisotopic (exact) mass is 1160 g/mol. The number of piperidine rings is 1. The Kier molecular flexibility index (Phi) is 17.0. The van der Waals surface area contributed by atoms with Gasteiger partial charge in [0, 0.05) is 83.7 Å². The number of hydrogen-bond donors (Lipinski definition) is 6. The fourth-order valence-electron chi connectivity index (χ4n) is 10.4. The van der Waals surface area contributed by atoms with E-state index in [4.69, 9.17) is 5.73 Å². The smallest absolute Gasteiger partial charge is 0.370 e. The first-order valence-corrected chi connectivity index (χ1v) is 29.0. The number of unbranched alkanes of at least 4 members (excludes halogenated alkanes) is 3. The second-order valence-corrected chi connectivity index (χ2v) is 23.6. The van der Waals surface area contributed by atoms with Crippen molar-refractivity contribution in [2.75, 3.05) is 13.1 Å². The standard InChI is InChI=1S/C54H53F4N8O11PS2/c55-36-14-11-30(24-37(36)56)40-28-79-51(62-40)38(15-19-45(59)67)60-49(71)42-16-13-33-21-22-64(27-39(53(74)66(33)42)61-50(72)44-25-31-23-32(12-18-43(31)80-44)54(57,58)78(75,76)77)47(69)10-5-3-1-2-4-7-29-8-6-9-34-35(29)26-65(52(34)73)41-17-20-46(68)63-48(41)70/h6,8-9,11-12,14,18,23-25,28,33,38-39,41-42H,1-3,5,10,13,15-17,19-22,26-27H2,(H2,59,67)(H,60,71)(H,61,72)(H,63,68,70)(H2,75,76,77)/t33-,38?,39+,41?,42+/m1/s1. The van der Waals surface area contributed by atoms with Crippen LogP contribution in [0.2, 0.25) is 0 Å². The van der Waals surface area contributed by atoms with Gasteiger partial charge in [0.1, 0.15) is 23.1 Å². The van der Waals surface area contributed by atoms with Crippen LogP contribution in [0.25, 0.3) is 21.3 Å². The Labute approximate surface area is 462 Å². The Hall–Kier alpha value is -7.36. The molecule has 0 radical (unpaired) electrons. The molecule has 0 bridgehead atoms. The van der Waals surface area contributed by atoms with Crippen LogP contribution in [0.4, 0.5) is 17.6 Å². The van der Waals surface area contributed by atoms with Gasteiger partial charge >= 0.3 is 13.3 Å². The van der Waals surface area contributed by atoms with E-state index in [1.807, 2.05) is 0 Å². The summed E-state index contributed by atoms with van der Waals surface area (Å²) in [6, 6.07) is 7.77. The second-order valence-electron chi connectivity index (χ2n) is 20.0. The summed E-state index contributed by atoms with van der Waals surface area (Å²) >= 11 is 1.96. The molecule has 0 aliphatic carbocycles. The summed E-state index contributed by atoms with van der Waals surface area (Å²) in [5, 5.41) is 9.88. The quantitative estimate of drug-likeness (QED) is 0.0202. The summed E-state index contributed by atoms with van der Waals surface area (Å²) in [6.45, 7) is 0.00130. The van der Waals surface area contributed by atoms with E-state index in [-0.39, 0.29) is 104 Å². The number of primary amides is 1. The number of halogens is 4. The Morgan fingerprint density at radius 2 is 1.75 bits per heavy atom. The lowest BCUT2D eigenvalue weighted by atomic mass is 10.0. The van der Waals surface area contributed by atoms with Crippen LogP contribution in [0.15, 0.2) is 66.0 Å². The van der Waals surface area contributed by atoms with Crippen LogP contribution in [0.1, 0.15) is 125 Å². The lowest BCUT2D eigenvalue weighted by molar-refractivity contribution is -0.145. The van der Waals surface area contributed by atoms with Gasteiger partial charge in [0.25, 0.3) is 11.8 Å². The van der Waals surface area contributed by atoms with Crippen molar-refractivity contribution in [1.29, 1.82) is 0 Å². The predicted octanol–water partition coefficient (Wildman–Crippen LogP) is 6.11. The number of nitrogens with zero attached hydrogens (tertiary/aromatic N) is 4. The maximum absolute atomic E-state index is 14.9. The Balaban J connectivity index is 0.884. The Morgan fingerprint density at radius 1 is 0.950 bits per heavy atom. The minimum Gasteiger partial charge on any atom is -0.370 e. The Bertz CT molecular complexity index is 3450. The van der Waals surface area contributed by atoms with Gasteiger partial charge in [-0.2, -0.15) is 8.78 Å². The van der Waals surface area contributed by atoms with Crippen molar-refractivity contribution in [1.82, 2.24) is 35.6 Å². The normalized spacial score (nSPS) is 19.9. The zero-order chi connectivity index (χ0) is 57.2. The molecule has 3 aromatic carbocycles. The van der Waals surface area contributed by atoms with Crippen LogP contribution in [0.3, 0.4) is 0 Å². The number of aromatic nitrogens is 1. The average molecular weight is 1160 g/mol. The molecule has 2 aromatic heterocycles. The molecule has 4 aliphatic rings. The molecular weight excluding hydrogens is 1110 g/mol. The molecule has 0 spiro atoms. The van der Waals surface area contributed by atoms with Crippen LogP contribution in [-0.4, -0.2) is 114 Å². The molecule has 80 heavy (non-hydrogen) atoms. The summed E-state index contributed by atoms with van der Waals surface area (Å²) in [7, 11) is -5.92. The molecule has 8 amide bonds. The number of thiophene rings is 1. The van der Waals surface area contributed by atoms with Crippen LogP contribution in [0, 0.1) is 23.5 Å². The van der Waals surface area contributed by atoms with Gasteiger partial charge in [-0.15, -0.1) is 22.7 Å². The number of fused-ring (bicyclic) bond motifs is 3. The number of carbonyl (C=O) groups excluding carboxylic acids is 8. The number of benzene rings is 3. The molecular formula is C54H53F4N8O11PS2. The van der Waals surface area contributed by atoms with Crippen molar-refractivity contribution in [3.63, 3.8) is 0 Å². The van der Waals surface area contributed by atoms with Gasteiger partial charge in [0.2, 0.25) is 35.4 Å². The molecule has 6 heterocycles. The largest absolute Gasteiger partial charge is 0.399 e. The van der Waals surface area contributed by atoms with Crippen molar-refractivity contribution in [2.24, 2.45) is 5.73 Å². The first kappa shape index (κ1) is 57.3. The van der Waals surface area contributed by atoms with Crippen molar-refractivity contribution in [3.8, 4) is 23.1 Å². The van der Waals surface area contributed by atoms with Crippen LogP contribution in [0.5, 0.6) is 0 Å². The molecule has 0 saturated carbocycles. The first-order valence-electron chi connectivity index (χ1n) is 25.7. The van der Waals surface area contributed by atoms with Gasteiger partial charge in [-0.3, -0.25) is 48.2 Å². The Morgan fingerprint density at radius 3 is 2.50 bits per heavy atom. The van der Waals surface area contributed by atoms with Crippen LogP contribution >= 0.6 is 30.3 Å². The lowest BCUT2D eigenvalue weighted by Gasteiger charge is -2.39. The predicted molar refractivity (Wildman–Crippen MR) is 283 cm³/mol. The van der Waals surface area contributed by atoms with Gasteiger partial charge in [-0.25, -0.2) is 13.8 Å². The summed E-state index contributed by atoms with van der Waals surface area (Å²) in [6.07, 6.45) is 3.14.